The maximum atomic E-state index is 8.63. The molecule has 5 N–H and O–H groups in total. The summed E-state index contributed by atoms with van der Waals surface area (Å²) < 4.78 is 0. The fourth-order valence-corrected chi connectivity index (χ4v) is 1.98. The molecule has 96 valence electrons. The molecule has 0 spiro atoms. The smallest absolute Gasteiger partial charge is 0.239 e. The van der Waals surface area contributed by atoms with Crippen LogP contribution in [0.2, 0.25) is 0 Å². The summed E-state index contributed by atoms with van der Waals surface area (Å²) in [5.74, 6) is 8.42. The fraction of sp³-hybridized carbons (Fsp3) is 0.600. The van der Waals surface area contributed by atoms with E-state index in [2.05, 4.69) is 20.7 Å². The second kappa shape index (κ2) is 8.10. The largest absolute Gasteiger partial charge is 0.396 e. The molecule has 6 nitrogen and oxygen atoms in total. The molecule has 0 radical (unpaired) electrons. The molecule has 0 aromatic carbocycles. The highest BCUT2D eigenvalue weighted by atomic mass is 32.2. The number of hydrazine groups is 1. The lowest BCUT2D eigenvalue weighted by Crippen LogP contribution is -2.13. The van der Waals surface area contributed by atoms with Gasteiger partial charge in [0.05, 0.1) is 0 Å². The van der Waals surface area contributed by atoms with Crippen molar-refractivity contribution in [3.8, 4) is 0 Å². The number of thioether (sulfide) groups is 1. The van der Waals surface area contributed by atoms with Crippen LogP contribution >= 0.6 is 11.8 Å². The van der Waals surface area contributed by atoms with E-state index in [4.69, 9.17) is 10.9 Å². The molecule has 1 aromatic rings. The van der Waals surface area contributed by atoms with Gasteiger partial charge in [0.25, 0.3) is 0 Å². The Balaban J connectivity index is 2.30. The van der Waals surface area contributed by atoms with Crippen molar-refractivity contribution in [2.45, 2.75) is 13.3 Å². The molecule has 0 aliphatic rings. The third kappa shape index (κ3) is 5.20. The number of anilines is 2. The predicted octanol–water partition coefficient (Wildman–Crippen LogP) is 0.598. The Morgan fingerprint density at radius 3 is 3.00 bits per heavy atom. The second-order valence-corrected chi connectivity index (χ2v) is 4.71. The van der Waals surface area contributed by atoms with Crippen LogP contribution in [-0.2, 0) is 0 Å². The molecule has 0 fully saturated rings. The molecule has 0 aliphatic carbocycles. The summed E-state index contributed by atoms with van der Waals surface area (Å²) in [6.07, 6.45) is 2.57. The van der Waals surface area contributed by atoms with E-state index >= 15 is 0 Å². The maximum Gasteiger partial charge on any atom is 0.239 e. The summed E-state index contributed by atoms with van der Waals surface area (Å²) in [5.41, 5.74) is 3.41. The van der Waals surface area contributed by atoms with E-state index in [1.54, 1.807) is 18.0 Å². The van der Waals surface area contributed by atoms with Crippen molar-refractivity contribution in [1.82, 2.24) is 9.97 Å². The Kier molecular flexibility index (Phi) is 6.68. The predicted molar refractivity (Wildman–Crippen MR) is 72.1 cm³/mol. The molecular formula is C10H19N5OS. The third-order valence-electron chi connectivity index (χ3n) is 2.09. The number of aromatic nitrogens is 2. The van der Waals surface area contributed by atoms with Crippen molar-refractivity contribution >= 4 is 23.5 Å². The first-order chi connectivity index (χ1) is 8.27. The topological polar surface area (TPSA) is 96.1 Å². The van der Waals surface area contributed by atoms with Crippen LogP contribution in [-0.4, -0.2) is 39.7 Å². The van der Waals surface area contributed by atoms with Crippen LogP contribution in [0, 0.1) is 6.92 Å². The Bertz CT molecular complexity index is 336. The van der Waals surface area contributed by atoms with Gasteiger partial charge >= 0.3 is 0 Å². The number of rotatable bonds is 8. The monoisotopic (exact) mass is 257 g/mol. The Labute approximate surface area is 105 Å². The maximum absolute atomic E-state index is 8.63. The van der Waals surface area contributed by atoms with Gasteiger partial charge in [-0.3, -0.25) is 5.43 Å². The standard InChI is InChI=1S/C10H19N5OS/c1-8-7-13-10(15-11)14-9(8)12-3-6-17-5-2-4-16/h7,16H,2-6,11H2,1H3,(H2,12,13,14,15). The average molecular weight is 257 g/mol. The summed E-state index contributed by atoms with van der Waals surface area (Å²) in [6, 6.07) is 0. The first kappa shape index (κ1) is 14.0. The van der Waals surface area contributed by atoms with E-state index < -0.39 is 0 Å². The van der Waals surface area contributed by atoms with Gasteiger partial charge in [-0.2, -0.15) is 16.7 Å². The van der Waals surface area contributed by atoms with Crippen LogP contribution in [0.25, 0.3) is 0 Å². The van der Waals surface area contributed by atoms with Crippen LogP contribution in [0.15, 0.2) is 6.20 Å². The molecule has 17 heavy (non-hydrogen) atoms. The molecule has 0 aliphatic heterocycles. The second-order valence-electron chi connectivity index (χ2n) is 3.49. The van der Waals surface area contributed by atoms with E-state index in [1.807, 2.05) is 6.92 Å². The zero-order valence-corrected chi connectivity index (χ0v) is 10.8. The minimum Gasteiger partial charge on any atom is -0.396 e. The highest BCUT2D eigenvalue weighted by Crippen LogP contribution is 2.12. The lowest BCUT2D eigenvalue weighted by Gasteiger charge is -2.09. The van der Waals surface area contributed by atoms with E-state index in [1.165, 1.54) is 0 Å². The molecule has 7 heteroatoms. The van der Waals surface area contributed by atoms with Gasteiger partial charge in [-0.25, -0.2) is 10.8 Å². The fourth-order valence-electron chi connectivity index (χ4n) is 1.20. The lowest BCUT2D eigenvalue weighted by atomic mass is 10.3. The van der Waals surface area contributed by atoms with E-state index in [9.17, 15) is 0 Å². The Hall–Kier alpha value is -1.05. The van der Waals surface area contributed by atoms with Crippen LogP contribution in [0.3, 0.4) is 0 Å². The first-order valence-corrected chi connectivity index (χ1v) is 6.66. The number of nitrogens with one attached hydrogen (secondary N) is 2. The van der Waals surface area contributed by atoms with Crippen LogP contribution in [0.5, 0.6) is 0 Å². The van der Waals surface area contributed by atoms with Crippen LogP contribution < -0.4 is 16.6 Å². The number of hydrogen-bond acceptors (Lipinski definition) is 7. The van der Waals surface area contributed by atoms with Crippen molar-refractivity contribution < 1.29 is 5.11 Å². The van der Waals surface area contributed by atoms with Gasteiger partial charge in [-0.05, 0) is 19.1 Å². The van der Waals surface area contributed by atoms with Crippen LogP contribution in [0.4, 0.5) is 11.8 Å². The number of nitrogens with two attached hydrogens (primary N) is 1. The summed E-state index contributed by atoms with van der Waals surface area (Å²) in [4.78, 5) is 8.22. The summed E-state index contributed by atoms with van der Waals surface area (Å²) >= 11 is 1.81. The zero-order valence-electron chi connectivity index (χ0n) is 9.94. The van der Waals surface area contributed by atoms with Gasteiger partial charge in [-0.1, -0.05) is 0 Å². The summed E-state index contributed by atoms with van der Waals surface area (Å²) in [6.45, 7) is 3.04. The number of nitrogen functional groups attached to an aromatic ring is 1. The number of aliphatic hydroxyl groups excluding tert-OH is 1. The van der Waals surface area contributed by atoms with E-state index in [0.29, 0.717) is 5.95 Å². The molecule has 0 saturated heterocycles. The number of hydrogen-bond donors (Lipinski definition) is 4. The van der Waals surface area contributed by atoms with Crippen molar-refractivity contribution in [2.75, 3.05) is 35.4 Å². The third-order valence-corrected chi connectivity index (χ3v) is 3.16. The number of aryl methyl sites for hydroxylation is 1. The SMILES string of the molecule is Cc1cnc(NN)nc1NCCSCCCO. The summed E-state index contributed by atoms with van der Waals surface area (Å²) in [5, 5.41) is 11.9. The highest BCUT2D eigenvalue weighted by Gasteiger charge is 2.01. The molecule has 0 atom stereocenters. The number of aliphatic hydroxyl groups is 1. The molecule has 1 aromatic heterocycles. The first-order valence-electron chi connectivity index (χ1n) is 5.50. The quantitative estimate of drug-likeness (QED) is 0.307. The van der Waals surface area contributed by atoms with Gasteiger partial charge in [0.15, 0.2) is 0 Å². The molecule has 1 rings (SSSR count). The summed E-state index contributed by atoms with van der Waals surface area (Å²) in [7, 11) is 0. The molecule has 1 heterocycles. The zero-order chi connectivity index (χ0) is 12.5. The van der Waals surface area contributed by atoms with Gasteiger partial charge in [0.1, 0.15) is 5.82 Å². The van der Waals surface area contributed by atoms with Gasteiger partial charge in [0, 0.05) is 30.7 Å². The van der Waals surface area contributed by atoms with E-state index in [0.717, 1.165) is 35.9 Å². The van der Waals surface area contributed by atoms with Gasteiger partial charge < -0.3 is 10.4 Å². The lowest BCUT2D eigenvalue weighted by molar-refractivity contribution is 0.296. The molecule has 0 unspecified atom stereocenters. The van der Waals surface area contributed by atoms with Crippen molar-refractivity contribution in [1.29, 1.82) is 0 Å². The average Bonchev–Trinajstić information content (AvgIpc) is 2.35. The van der Waals surface area contributed by atoms with E-state index in [-0.39, 0.29) is 6.61 Å². The molecule has 0 saturated carbocycles. The van der Waals surface area contributed by atoms with Crippen LogP contribution in [0.1, 0.15) is 12.0 Å². The minimum absolute atomic E-state index is 0.261. The van der Waals surface area contributed by atoms with Crippen molar-refractivity contribution in [3.63, 3.8) is 0 Å². The minimum atomic E-state index is 0.261. The van der Waals surface area contributed by atoms with Crippen molar-refractivity contribution in [3.05, 3.63) is 11.8 Å². The van der Waals surface area contributed by atoms with Crippen molar-refractivity contribution in [2.24, 2.45) is 5.84 Å². The number of nitrogens with zero attached hydrogens (tertiary/aromatic N) is 2. The molecule has 0 bridgehead atoms. The van der Waals surface area contributed by atoms with Gasteiger partial charge in [-0.15, -0.1) is 0 Å². The molecule has 0 amide bonds. The Morgan fingerprint density at radius 1 is 1.47 bits per heavy atom. The van der Waals surface area contributed by atoms with Gasteiger partial charge in [0.2, 0.25) is 5.95 Å². The molecular weight excluding hydrogens is 238 g/mol. The Morgan fingerprint density at radius 2 is 2.29 bits per heavy atom. The normalized spacial score (nSPS) is 10.3. The highest BCUT2D eigenvalue weighted by molar-refractivity contribution is 7.99.